The molecule has 1 fully saturated rings. The van der Waals surface area contributed by atoms with Gasteiger partial charge in [0.05, 0.1) is 6.04 Å². The lowest BCUT2D eigenvalue weighted by molar-refractivity contribution is -0.133. The summed E-state index contributed by atoms with van der Waals surface area (Å²) < 4.78 is 26.7. The number of rotatable bonds is 5. The molecule has 1 atom stereocenters. The normalized spacial score (nSPS) is 15.4. The zero-order valence-electron chi connectivity index (χ0n) is 16.3. The first kappa shape index (κ1) is 25.3. The van der Waals surface area contributed by atoms with Crippen molar-refractivity contribution in [3.05, 3.63) is 71.3 Å². The van der Waals surface area contributed by atoms with Gasteiger partial charge in [-0.2, -0.15) is 0 Å². The molecule has 1 heterocycles. The number of piperazine rings is 1. The molecular formula is C21H27Cl2F2N3O. The maximum atomic E-state index is 13.4. The van der Waals surface area contributed by atoms with Crippen LogP contribution < -0.4 is 5.73 Å². The van der Waals surface area contributed by atoms with E-state index in [-0.39, 0.29) is 54.4 Å². The maximum absolute atomic E-state index is 13.4. The number of halogens is 4. The maximum Gasteiger partial charge on any atom is 0.224 e. The molecule has 3 rings (SSSR count). The fourth-order valence-corrected chi connectivity index (χ4v) is 3.54. The molecule has 2 aromatic rings. The van der Waals surface area contributed by atoms with Crippen molar-refractivity contribution in [2.75, 3.05) is 26.2 Å². The summed E-state index contributed by atoms with van der Waals surface area (Å²) in [6.45, 7) is 4.43. The second-order valence-corrected chi connectivity index (χ2v) is 7.10. The molecule has 0 aliphatic carbocycles. The highest BCUT2D eigenvalue weighted by Crippen LogP contribution is 2.30. The van der Waals surface area contributed by atoms with Crippen LogP contribution in [0.2, 0.25) is 0 Å². The highest BCUT2D eigenvalue weighted by molar-refractivity contribution is 5.85. The summed E-state index contributed by atoms with van der Waals surface area (Å²) in [7, 11) is 0. The van der Waals surface area contributed by atoms with Crippen LogP contribution in [0.3, 0.4) is 0 Å². The minimum atomic E-state index is -0.289. The third-order valence-corrected chi connectivity index (χ3v) is 4.90. The van der Waals surface area contributed by atoms with Crippen LogP contribution >= 0.6 is 24.8 Å². The molecule has 0 aromatic heterocycles. The smallest absolute Gasteiger partial charge is 0.224 e. The molecule has 1 aliphatic rings. The van der Waals surface area contributed by atoms with E-state index in [4.69, 9.17) is 5.73 Å². The lowest BCUT2D eigenvalue weighted by Gasteiger charge is -2.40. The average Bonchev–Trinajstić information content (AvgIpc) is 2.65. The lowest BCUT2D eigenvalue weighted by Crippen LogP contribution is -2.50. The van der Waals surface area contributed by atoms with E-state index in [0.717, 1.165) is 11.1 Å². The van der Waals surface area contributed by atoms with Gasteiger partial charge in [0.2, 0.25) is 5.91 Å². The van der Waals surface area contributed by atoms with Crippen molar-refractivity contribution in [2.24, 2.45) is 5.73 Å². The van der Waals surface area contributed by atoms with Gasteiger partial charge in [-0.05, 0) is 42.3 Å². The Hall–Kier alpha value is -1.73. The topological polar surface area (TPSA) is 49.6 Å². The van der Waals surface area contributed by atoms with Crippen LogP contribution in [-0.2, 0) is 4.79 Å². The van der Waals surface area contributed by atoms with Crippen molar-refractivity contribution in [2.45, 2.75) is 25.4 Å². The summed E-state index contributed by atoms with van der Waals surface area (Å²) in [6.07, 6.45) is 0.347. The van der Waals surface area contributed by atoms with E-state index in [1.54, 1.807) is 24.3 Å². The monoisotopic (exact) mass is 445 g/mol. The van der Waals surface area contributed by atoms with E-state index >= 15 is 0 Å². The highest BCUT2D eigenvalue weighted by Gasteiger charge is 2.28. The van der Waals surface area contributed by atoms with Gasteiger partial charge in [0.25, 0.3) is 0 Å². The number of nitrogens with two attached hydrogens (primary N) is 1. The lowest BCUT2D eigenvalue weighted by atomic mass is 9.96. The zero-order chi connectivity index (χ0) is 19.4. The van der Waals surface area contributed by atoms with Crippen molar-refractivity contribution < 1.29 is 13.6 Å². The summed E-state index contributed by atoms with van der Waals surface area (Å²) in [4.78, 5) is 16.3. The Morgan fingerprint density at radius 1 is 0.897 bits per heavy atom. The van der Waals surface area contributed by atoms with Gasteiger partial charge in [0.15, 0.2) is 0 Å². The molecule has 2 N–H and O–H groups in total. The van der Waals surface area contributed by atoms with Gasteiger partial charge >= 0.3 is 0 Å². The van der Waals surface area contributed by atoms with Gasteiger partial charge < -0.3 is 10.6 Å². The van der Waals surface area contributed by atoms with E-state index in [1.165, 1.54) is 24.3 Å². The van der Waals surface area contributed by atoms with Gasteiger partial charge in [-0.15, -0.1) is 24.8 Å². The predicted octanol–water partition coefficient (Wildman–Crippen LogP) is 3.78. The minimum absolute atomic E-state index is 0. The first-order valence-electron chi connectivity index (χ1n) is 9.22. The highest BCUT2D eigenvalue weighted by atomic mass is 35.5. The molecule has 0 radical (unpaired) electrons. The summed E-state index contributed by atoms with van der Waals surface area (Å²) >= 11 is 0. The van der Waals surface area contributed by atoms with Gasteiger partial charge in [0, 0.05) is 38.6 Å². The SMILES string of the molecule is CC(N)CC(=O)N1CCN(C(c2ccc(F)cc2)c2ccc(F)cc2)CC1.Cl.Cl. The number of carbonyl (C=O) groups is 1. The average molecular weight is 446 g/mol. The van der Waals surface area contributed by atoms with Crippen LogP contribution in [0.5, 0.6) is 0 Å². The van der Waals surface area contributed by atoms with Crippen LogP contribution in [0, 0.1) is 11.6 Å². The molecule has 1 amide bonds. The second-order valence-electron chi connectivity index (χ2n) is 7.10. The Bertz CT molecular complexity index is 719. The summed E-state index contributed by atoms with van der Waals surface area (Å²) in [6, 6.07) is 12.5. The summed E-state index contributed by atoms with van der Waals surface area (Å²) in [5.41, 5.74) is 7.62. The van der Waals surface area contributed by atoms with Crippen LogP contribution in [0.15, 0.2) is 48.5 Å². The van der Waals surface area contributed by atoms with Crippen molar-refractivity contribution in [1.82, 2.24) is 9.80 Å². The molecule has 8 heteroatoms. The quantitative estimate of drug-likeness (QED) is 0.761. The number of carbonyl (C=O) groups excluding carboxylic acids is 1. The van der Waals surface area contributed by atoms with E-state index < -0.39 is 0 Å². The number of nitrogens with zero attached hydrogens (tertiary/aromatic N) is 2. The minimum Gasteiger partial charge on any atom is -0.340 e. The third kappa shape index (κ3) is 6.64. The Morgan fingerprint density at radius 2 is 1.31 bits per heavy atom. The van der Waals surface area contributed by atoms with Crippen LogP contribution in [0.25, 0.3) is 0 Å². The van der Waals surface area contributed by atoms with Crippen molar-refractivity contribution in [3.63, 3.8) is 0 Å². The molecule has 4 nitrogen and oxygen atoms in total. The molecule has 160 valence electrons. The van der Waals surface area contributed by atoms with Gasteiger partial charge in [-0.3, -0.25) is 9.69 Å². The summed E-state index contributed by atoms with van der Waals surface area (Å²) in [5, 5.41) is 0. The molecule has 1 aliphatic heterocycles. The van der Waals surface area contributed by atoms with Crippen molar-refractivity contribution >= 4 is 30.7 Å². The van der Waals surface area contributed by atoms with Crippen LogP contribution in [0.1, 0.15) is 30.5 Å². The Labute approximate surface area is 182 Å². The zero-order valence-corrected chi connectivity index (χ0v) is 17.9. The Kier molecular flexibility index (Phi) is 10.00. The number of amides is 1. The molecule has 0 spiro atoms. The molecule has 2 aromatic carbocycles. The van der Waals surface area contributed by atoms with E-state index in [2.05, 4.69) is 4.90 Å². The molecular weight excluding hydrogens is 419 g/mol. The third-order valence-electron chi connectivity index (χ3n) is 4.90. The van der Waals surface area contributed by atoms with Gasteiger partial charge in [0.1, 0.15) is 11.6 Å². The van der Waals surface area contributed by atoms with E-state index in [1.807, 2.05) is 11.8 Å². The first-order valence-corrected chi connectivity index (χ1v) is 9.22. The van der Waals surface area contributed by atoms with E-state index in [9.17, 15) is 13.6 Å². The van der Waals surface area contributed by atoms with Gasteiger partial charge in [-0.25, -0.2) is 8.78 Å². The second kappa shape index (κ2) is 11.5. The number of hydrogen-bond acceptors (Lipinski definition) is 3. The van der Waals surface area contributed by atoms with Crippen LogP contribution in [-0.4, -0.2) is 47.9 Å². The number of hydrogen-bond donors (Lipinski definition) is 1. The Morgan fingerprint density at radius 3 is 1.69 bits per heavy atom. The molecule has 0 bridgehead atoms. The fraction of sp³-hybridized carbons (Fsp3) is 0.381. The molecule has 1 saturated heterocycles. The molecule has 1 unspecified atom stereocenters. The fourth-order valence-electron chi connectivity index (χ4n) is 3.54. The van der Waals surface area contributed by atoms with Crippen molar-refractivity contribution in [3.8, 4) is 0 Å². The predicted molar refractivity (Wildman–Crippen MR) is 116 cm³/mol. The van der Waals surface area contributed by atoms with Crippen molar-refractivity contribution in [1.29, 1.82) is 0 Å². The number of benzene rings is 2. The van der Waals surface area contributed by atoms with Crippen LogP contribution in [0.4, 0.5) is 8.78 Å². The summed E-state index contributed by atoms with van der Waals surface area (Å²) in [5.74, 6) is -0.504. The molecule has 0 saturated carbocycles. The van der Waals surface area contributed by atoms with Gasteiger partial charge in [-0.1, -0.05) is 24.3 Å². The standard InChI is InChI=1S/C21H25F2N3O.2ClH/c1-15(24)14-20(27)25-10-12-26(13-11-25)21(16-2-6-18(22)7-3-16)17-4-8-19(23)9-5-17;;/h2-9,15,21H,10-14,24H2,1H3;2*1H. The largest absolute Gasteiger partial charge is 0.340 e. The molecule has 29 heavy (non-hydrogen) atoms. The first-order chi connectivity index (χ1) is 12.9. The Balaban J connectivity index is 0.00000210. The van der Waals surface area contributed by atoms with E-state index in [0.29, 0.717) is 32.6 Å².